The molecule has 1 nitrogen and oxygen atoms in total. The van der Waals surface area contributed by atoms with Crippen LogP contribution in [-0.4, -0.2) is 38.3 Å². The Labute approximate surface area is 49.4 Å². The molecule has 22 valence electrons. The van der Waals surface area contributed by atoms with Crippen LogP contribution in [0.4, 0.5) is 0 Å². The summed E-state index contributed by atoms with van der Waals surface area (Å²) in [7, 11) is 0. The van der Waals surface area contributed by atoms with Crippen LogP contribution in [0.25, 0.3) is 0 Å². The molecule has 0 aromatic carbocycles. The van der Waals surface area contributed by atoms with Crippen LogP contribution in [0.15, 0.2) is 0 Å². The SMILES string of the molecule is C.[GaH2].[O]=[Ga]. The number of rotatable bonds is 0. The van der Waals surface area contributed by atoms with Gasteiger partial charge in [-0.15, -0.1) is 0 Å². The summed E-state index contributed by atoms with van der Waals surface area (Å²) < 4.78 is 8.31. The Bertz CT molecular complexity index is 6.00. The third-order valence-electron chi connectivity index (χ3n) is 0. The normalized spacial score (nSPS) is 0.750. The Morgan fingerprint density at radius 1 is 1.25 bits per heavy atom. The van der Waals surface area contributed by atoms with Crippen LogP contribution in [0.5, 0.6) is 0 Å². The van der Waals surface area contributed by atoms with E-state index in [0.29, 0.717) is 18.6 Å². The summed E-state index contributed by atoms with van der Waals surface area (Å²) in [5.41, 5.74) is 0. The molecule has 0 atom stereocenters. The summed E-state index contributed by atoms with van der Waals surface area (Å²) in [6, 6.07) is 0. The zero-order chi connectivity index (χ0) is 2.00. The number of hydrogen-bond donors (Lipinski definition) is 0. The fourth-order valence-corrected chi connectivity index (χ4v) is 0. The standard InChI is InChI=1S/CH4.2Ga.O.2H/h1H4;;;;;. The molecule has 0 fully saturated rings. The number of hydrogen-bond acceptors (Lipinski definition) is 1. The molecule has 0 aromatic heterocycles. The molecular formula is CH6Ga2O. The van der Waals surface area contributed by atoms with E-state index in [4.69, 9.17) is 3.54 Å². The fourth-order valence-electron chi connectivity index (χ4n) is 0. The molecule has 0 aliphatic carbocycles. The van der Waals surface area contributed by atoms with Gasteiger partial charge in [0.2, 0.25) is 0 Å². The van der Waals surface area contributed by atoms with Crippen LogP contribution < -0.4 is 0 Å². The van der Waals surface area contributed by atoms with E-state index in [1.807, 2.05) is 0 Å². The first kappa shape index (κ1) is 19.6. The van der Waals surface area contributed by atoms with Crippen LogP contribution in [0, 0.1) is 0 Å². The van der Waals surface area contributed by atoms with Crippen LogP contribution in [-0.2, 0) is 3.54 Å². The second kappa shape index (κ2) is 33.4. The molecule has 0 N–H and O–H groups in total. The van der Waals surface area contributed by atoms with Gasteiger partial charge in [0.15, 0.2) is 0 Å². The van der Waals surface area contributed by atoms with Crippen LogP contribution in [0.2, 0.25) is 0 Å². The maximum atomic E-state index is 8.31. The third-order valence-corrected chi connectivity index (χ3v) is 0. The molecule has 0 aliphatic rings. The van der Waals surface area contributed by atoms with Crippen molar-refractivity contribution < 1.29 is 3.54 Å². The Kier molecular flexibility index (Phi) is 164. The first-order valence-electron chi connectivity index (χ1n) is 0.236. The van der Waals surface area contributed by atoms with Crippen molar-refractivity contribution in [1.29, 1.82) is 0 Å². The molecule has 0 spiro atoms. The Morgan fingerprint density at radius 3 is 1.25 bits per heavy atom. The minimum absolute atomic E-state index is 0. The zero-order valence-electron chi connectivity index (χ0n) is 1.99. The monoisotopic (exact) mass is 172 g/mol. The zero-order valence-corrected chi connectivity index (χ0v) is 8.60. The average Bonchev–Trinajstić information content (AvgIpc) is 1.00. The minimum atomic E-state index is 0. The molecule has 0 saturated heterocycles. The molecule has 0 bridgehead atoms. The van der Waals surface area contributed by atoms with Gasteiger partial charge in [0.05, 0.1) is 0 Å². The molecule has 0 rings (SSSR count). The second-order valence-corrected chi connectivity index (χ2v) is 0. The third kappa shape index (κ3) is 11.5. The molecule has 0 amide bonds. The Balaban J connectivity index is -0.00000000500. The predicted octanol–water partition coefficient (Wildman–Crippen LogP) is -0.780. The van der Waals surface area contributed by atoms with Gasteiger partial charge < -0.3 is 0 Å². The summed E-state index contributed by atoms with van der Waals surface area (Å²) >= 11 is 0.438. The van der Waals surface area contributed by atoms with Gasteiger partial charge in [-0.1, -0.05) is 7.43 Å². The van der Waals surface area contributed by atoms with E-state index in [9.17, 15) is 0 Å². The quantitative estimate of drug-likeness (QED) is 0.440. The van der Waals surface area contributed by atoms with E-state index in [1.165, 1.54) is 0 Å². The summed E-state index contributed by atoms with van der Waals surface area (Å²) in [4.78, 5) is 0. The van der Waals surface area contributed by atoms with E-state index in [0.717, 1.165) is 0 Å². The van der Waals surface area contributed by atoms with Gasteiger partial charge >= 0.3 is 41.9 Å². The molecular weight excluding hydrogens is 167 g/mol. The van der Waals surface area contributed by atoms with Gasteiger partial charge in [-0.2, -0.15) is 0 Å². The van der Waals surface area contributed by atoms with E-state index < -0.39 is 0 Å². The van der Waals surface area contributed by atoms with Crippen molar-refractivity contribution in [2.24, 2.45) is 0 Å². The van der Waals surface area contributed by atoms with Crippen molar-refractivity contribution in [3.63, 3.8) is 0 Å². The molecule has 4 heavy (non-hydrogen) atoms. The maximum absolute atomic E-state index is 8.31. The van der Waals surface area contributed by atoms with Crippen molar-refractivity contribution in [3.8, 4) is 0 Å². The Morgan fingerprint density at radius 2 is 1.25 bits per heavy atom. The molecule has 0 aromatic rings. The fraction of sp³-hybridized carbons (Fsp3) is 1.00. The van der Waals surface area contributed by atoms with Crippen LogP contribution in [0.3, 0.4) is 0 Å². The van der Waals surface area contributed by atoms with Gasteiger partial charge in [0.25, 0.3) is 0 Å². The molecule has 0 saturated carbocycles. The molecule has 3 heteroatoms. The first-order chi connectivity index (χ1) is 1.00. The first-order valence-corrected chi connectivity index (χ1v) is 1.22. The van der Waals surface area contributed by atoms with Crippen molar-refractivity contribution in [2.45, 2.75) is 7.43 Å². The van der Waals surface area contributed by atoms with Gasteiger partial charge in [0, 0.05) is 0 Å². The predicted molar refractivity (Wildman–Crippen MR) is 21.7 cm³/mol. The molecule has 0 aliphatic heterocycles. The van der Waals surface area contributed by atoms with E-state index >= 15 is 0 Å². The summed E-state index contributed by atoms with van der Waals surface area (Å²) in [5, 5.41) is 0. The van der Waals surface area contributed by atoms with E-state index in [2.05, 4.69) is 0 Å². The van der Waals surface area contributed by atoms with E-state index in [1.54, 1.807) is 0 Å². The van der Waals surface area contributed by atoms with Crippen molar-refractivity contribution >= 4 is 38.3 Å². The summed E-state index contributed by atoms with van der Waals surface area (Å²) in [5.74, 6) is 0. The van der Waals surface area contributed by atoms with Crippen molar-refractivity contribution in [2.75, 3.05) is 0 Å². The van der Waals surface area contributed by atoms with Gasteiger partial charge in [-0.05, 0) is 0 Å². The second-order valence-electron chi connectivity index (χ2n) is 0. The summed E-state index contributed by atoms with van der Waals surface area (Å²) in [6.07, 6.45) is 0. The molecule has 2 radical (unpaired) electrons. The van der Waals surface area contributed by atoms with Crippen LogP contribution in [0.1, 0.15) is 7.43 Å². The molecule has 0 heterocycles. The average molecular weight is 174 g/mol. The Hall–Kier alpha value is 1.07. The van der Waals surface area contributed by atoms with E-state index in [-0.39, 0.29) is 27.2 Å². The van der Waals surface area contributed by atoms with Gasteiger partial charge in [-0.25, -0.2) is 0 Å². The summed E-state index contributed by atoms with van der Waals surface area (Å²) in [6.45, 7) is 0. The van der Waals surface area contributed by atoms with Gasteiger partial charge in [0.1, 0.15) is 0 Å². The van der Waals surface area contributed by atoms with Crippen molar-refractivity contribution in [3.05, 3.63) is 0 Å². The van der Waals surface area contributed by atoms with Gasteiger partial charge in [-0.3, -0.25) is 0 Å². The van der Waals surface area contributed by atoms with Crippen molar-refractivity contribution in [1.82, 2.24) is 0 Å². The van der Waals surface area contributed by atoms with Crippen LogP contribution >= 0.6 is 0 Å². The molecule has 0 unspecified atom stereocenters. The topological polar surface area (TPSA) is 17.1 Å².